The second kappa shape index (κ2) is 10.1. The SMILES string of the molecule is CC(C)C[C@H](NC(=O)OC(C)(C)C)C(=O)N1CC[C@H]2O[C@H]3c4cc(Cl)ccc4OC(C)(C)[C@@H]3C[C@H]2C1. The summed E-state index contributed by atoms with van der Waals surface area (Å²) < 4.78 is 18.5. The van der Waals surface area contributed by atoms with Gasteiger partial charge in [0.15, 0.2) is 0 Å². The third-order valence-corrected chi connectivity index (χ3v) is 7.70. The van der Waals surface area contributed by atoms with Gasteiger partial charge in [0.1, 0.15) is 23.0 Å². The molecular weight excluding hydrogens is 480 g/mol. The fourth-order valence-electron chi connectivity index (χ4n) is 5.84. The number of carbonyl (C=O) groups is 2. The van der Waals surface area contributed by atoms with Crippen molar-refractivity contribution in [1.29, 1.82) is 0 Å². The zero-order valence-electron chi connectivity index (χ0n) is 22.6. The first kappa shape index (κ1) is 27.1. The van der Waals surface area contributed by atoms with Crippen LogP contribution in [0.2, 0.25) is 5.02 Å². The zero-order chi connectivity index (χ0) is 26.4. The normalized spacial score (nSPS) is 27.8. The topological polar surface area (TPSA) is 77.1 Å². The lowest BCUT2D eigenvalue weighted by Crippen LogP contribution is -2.58. The minimum Gasteiger partial charge on any atom is -0.487 e. The van der Waals surface area contributed by atoms with Crippen molar-refractivity contribution in [3.05, 3.63) is 28.8 Å². The number of carbonyl (C=O) groups excluding carboxylic acids is 2. The maximum Gasteiger partial charge on any atom is 0.408 e. The molecule has 3 aliphatic rings. The summed E-state index contributed by atoms with van der Waals surface area (Å²) in [5.41, 5.74) is -0.00899. The van der Waals surface area contributed by atoms with Gasteiger partial charge in [0.05, 0.1) is 12.2 Å². The highest BCUT2D eigenvalue weighted by Gasteiger charge is 2.52. The van der Waals surface area contributed by atoms with E-state index in [0.717, 1.165) is 24.2 Å². The van der Waals surface area contributed by atoms with Crippen LogP contribution in [0, 0.1) is 17.8 Å². The van der Waals surface area contributed by atoms with Gasteiger partial charge in [-0.3, -0.25) is 4.79 Å². The first-order chi connectivity index (χ1) is 16.7. The Labute approximate surface area is 220 Å². The molecule has 3 heterocycles. The average Bonchev–Trinajstić information content (AvgIpc) is 2.75. The number of nitrogens with zero attached hydrogens (tertiary/aromatic N) is 1. The molecule has 0 bridgehead atoms. The lowest BCUT2D eigenvalue weighted by Gasteiger charge is -2.53. The Balaban J connectivity index is 1.48. The Hall–Kier alpha value is -1.99. The molecule has 8 heteroatoms. The number of amides is 2. The number of alkyl carbamates (subject to hydrolysis) is 1. The van der Waals surface area contributed by atoms with Gasteiger partial charge in [-0.05, 0) is 78.0 Å². The van der Waals surface area contributed by atoms with Gasteiger partial charge in [0.2, 0.25) is 5.91 Å². The summed E-state index contributed by atoms with van der Waals surface area (Å²) in [5.74, 6) is 1.38. The molecule has 2 amide bonds. The van der Waals surface area contributed by atoms with Crippen molar-refractivity contribution in [1.82, 2.24) is 10.2 Å². The van der Waals surface area contributed by atoms with E-state index in [1.54, 1.807) is 0 Å². The molecule has 1 aromatic rings. The minimum atomic E-state index is -0.623. The van der Waals surface area contributed by atoms with Gasteiger partial charge in [-0.2, -0.15) is 0 Å². The number of benzene rings is 1. The van der Waals surface area contributed by atoms with Crippen LogP contribution in [0.4, 0.5) is 4.79 Å². The molecule has 36 heavy (non-hydrogen) atoms. The molecule has 0 unspecified atom stereocenters. The monoisotopic (exact) mass is 520 g/mol. The van der Waals surface area contributed by atoms with Crippen molar-refractivity contribution in [2.45, 2.75) is 97.2 Å². The van der Waals surface area contributed by atoms with Crippen LogP contribution < -0.4 is 10.1 Å². The van der Waals surface area contributed by atoms with E-state index in [9.17, 15) is 9.59 Å². The van der Waals surface area contributed by atoms with Gasteiger partial charge in [-0.25, -0.2) is 4.79 Å². The standard InChI is InChI=1S/C28H41ClN2O5/c1-16(2)12-21(30-26(33)36-27(3,4)5)25(32)31-11-10-22-17(15-31)13-20-24(34-22)19-14-18(29)8-9-23(19)35-28(20,6)7/h8-9,14,16-17,20-22,24H,10-13,15H2,1-7H3,(H,30,33)/t17-,20+,21-,22+,24-/m0/s1. The van der Waals surface area contributed by atoms with E-state index in [0.29, 0.717) is 24.5 Å². The summed E-state index contributed by atoms with van der Waals surface area (Å²) in [4.78, 5) is 28.0. The molecule has 1 aromatic carbocycles. The van der Waals surface area contributed by atoms with E-state index < -0.39 is 23.3 Å². The third kappa shape index (κ3) is 5.94. The molecule has 0 aromatic heterocycles. The number of nitrogens with one attached hydrogen (secondary N) is 1. The van der Waals surface area contributed by atoms with E-state index in [4.69, 9.17) is 25.8 Å². The third-order valence-electron chi connectivity index (χ3n) is 7.46. The van der Waals surface area contributed by atoms with E-state index in [1.807, 2.05) is 57.7 Å². The minimum absolute atomic E-state index is 0.0496. The van der Waals surface area contributed by atoms with Gasteiger partial charge >= 0.3 is 6.09 Å². The molecule has 1 N–H and O–H groups in total. The number of hydrogen-bond donors (Lipinski definition) is 1. The highest BCUT2D eigenvalue weighted by molar-refractivity contribution is 6.30. The van der Waals surface area contributed by atoms with Crippen LogP contribution in [-0.2, 0) is 14.3 Å². The van der Waals surface area contributed by atoms with Crippen LogP contribution in [-0.4, -0.2) is 53.3 Å². The maximum absolute atomic E-state index is 13.6. The van der Waals surface area contributed by atoms with Gasteiger partial charge < -0.3 is 24.4 Å². The quantitative estimate of drug-likeness (QED) is 0.547. The number of halogens is 1. The highest BCUT2D eigenvalue weighted by Crippen LogP contribution is 2.53. The van der Waals surface area contributed by atoms with Gasteiger partial charge in [-0.1, -0.05) is 25.4 Å². The molecule has 4 rings (SSSR count). The predicted octanol–water partition coefficient (Wildman–Crippen LogP) is 5.75. The Morgan fingerprint density at radius 3 is 2.67 bits per heavy atom. The van der Waals surface area contributed by atoms with E-state index in [1.165, 1.54) is 0 Å². The number of hydrogen-bond acceptors (Lipinski definition) is 5. The molecule has 2 saturated heterocycles. The molecule has 0 saturated carbocycles. The highest BCUT2D eigenvalue weighted by atomic mass is 35.5. The molecule has 0 spiro atoms. The summed E-state index contributed by atoms with van der Waals surface area (Å²) in [6.45, 7) is 15.0. The average molecular weight is 521 g/mol. The second-order valence-corrected chi connectivity index (χ2v) is 12.9. The Bertz CT molecular complexity index is 989. The first-order valence-electron chi connectivity index (χ1n) is 13.2. The largest absolute Gasteiger partial charge is 0.487 e. The van der Waals surface area contributed by atoms with Crippen molar-refractivity contribution < 1.29 is 23.8 Å². The number of likely N-dealkylation sites (tertiary alicyclic amines) is 1. The fraction of sp³-hybridized carbons (Fsp3) is 0.714. The Morgan fingerprint density at radius 2 is 2.00 bits per heavy atom. The fourth-order valence-corrected chi connectivity index (χ4v) is 6.02. The van der Waals surface area contributed by atoms with E-state index in [-0.39, 0.29) is 35.9 Å². The lowest BCUT2D eigenvalue weighted by molar-refractivity contribution is -0.189. The molecule has 0 radical (unpaired) electrons. The molecule has 7 nitrogen and oxygen atoms in total. The second-order valence-electron chi connectivity index (χ2n) is 12.5. The number of fused-ring (bicyclic) bond motifs is 4. The molecule has 200 valence electrons. The molecule has 0 aliphatic carbocycles. The molecular formula is C28H41ClN2O5. The van der Waals surface area contributed by atoms with Crippen molar-refractivity contribution in [3.8, 4) is 5.75 Å². The van der Waals surface area contributed by atoms with Gasteiger partial charge in [-0.15, -0.1) is 0 Å². The number of piperidine rings is 1. The lowest BCUT2D eigenvalue weighted by atomic mass is 9.70. The van der Waals surface area contributed by atoms with E-state index >= 15 is 0 Å². The van der Waals surface area contributed by atoms with Crippen molar-refractivity contribution in [2.24, 2.45) is 17.8 Å². The molecule has 3 aliphatic heterocycles. The van der Waals surface area contributed by atoms with Gasteiger partial charge in [0, 0.05) is 35.5 Å². The summed E-state index contributed by atoms with van der Waals surface area (Å²) in [6, 6.07) is 5.13. The van der Waals surface area contributed by atoms with Crippen LogP contribution in [0.3, 0.4) is 0 Å². The van der Waals surface area contributed by atoms with Crippen molar-refractivity contribution >= 4 is 23.6 Å². The number of rotatable bonds is 4. The van der Waals surface area contributed by atoms with Crippen molar-refractivity contribution in [3.63, 3.8) is 0 Å². The van der Waals surface area contributed by atoms with Gasteiger partial charge in [0.25, 0.3) is 0 Å². The van der Waals surface area contributed by atoms with Crippen LogP contribution in [0.25, 0.3) is 0 Å². The Kier molecular flexibility index (Phi) is 7.55. The Morgan fingerprint density at radius 1 is 1.28 bits per heavy atom. The maximum atomic E-state index is 13.6. The molecule has 2 fully saturated rings. The summed E-state index contributed by atoms with van der Waals surface area (Å²) >= 11 is 6.31. The molecule has 5 atom stereocenters. The van der Waals surface area contributed by atoms with Crippen LogP contribution in [0.15, 0.2) is 18.2 Å². The van der Waals surface area contributed by atoms with Crippen molar-refractivity contribution in [2.75, 3.05) is 13.1 Å². The summed E-state index contributed by atoms with van der Waals surface area (Å²) in [6.07, 6.45) is 1.65. The van der Waals surface area contributed by atoms with E-state index in [2.05, 4.69) is 19.2 Å². The van der Waals surface area contributed by atoms with Crippen LogP contribution >= 0.6 is 11.6 Å². The first-order valence-corrected chi connectivity index (χ1v) is 13.5. The smallest absolute Gasteiger partial charge is 0.408 e. The van der Waals surface area contributed by atoms with Crippen LogP contribution in [0.5, 0.6) is 5.75 Å². The zero-order valence-corrected chi connectivity index (χ0v) is 23.4. The van der Waals surface area contributed by atoms with Crippen LogP contribution in [0.1, 0.15) is 79.4 Å². The summed E-state index contributed by atoms with van der Waals surface area (Å²) in [5, 5.41) is 3.51. The summed E-state index contributed by atoms with van der Waals surface area (Å²) in [7, 11) is 0. The number of ether oxygens (including phenoxy) is 3. The predicted molar refractivity (Wildman–Crippen MR) is 139 cm³/mol.